The molecule has 0 saturated carbocycles. The van der Waals surface area contributed by atoms with Gasteiger partial charge in [0.25, 0.3) is 0 Å². The van der Waals surface area contributed by atoms with Crippen molar-refractivity contribution in [2.45, 2.75) is 64.5 Å². The lowest BCUT2D eigenvalue weighted by Crippen LogP contribution is -2.57. The van der Waals surface area contributed by atoms with Crippen molar-refractivity contribution in [3.63, 3.8) is 0 Å². The molecule has 2 aromatic heterocycles. The summed E-state index contributed by atoms with van der Waals surface area (Å²) < 4.78 is 5.32. The van der Waals surface area contributed by atoms with E-state index in [0.29, 0.717) is 5.92 Å². The number of nitrogens with zero attached hydrogens (tertiary/aromatic N) is 2. The van der Waals surface area contributed by atoms with Crippen molar-refractivity contribution in [1.82, 2.24) is 4.57 Å². The van der Waals surface area contributed by atoms with Crippen molar-refractivity contribution in [3.05, 3.63) is 203 Å². The van der Waals surface area contributed by atoms with Gasteiger partial charge in [-0.1, -0.05) is 155 Å². The smallest absolute Gasteiger partial charge is 0.0689 e. The molecule has 0 N–H and O–H groups in total. The summed E-state index contributed by atoms with van der Waals surface area (Å²) in [5, 5.41) is 4.03. The fourth-order valence-corrected chi connectivity index (χ4v) is 12.9. The first-order valence-electron chi connectivity index (χ1n) is 22.1. The summed E-state index contributed by atoms with van der Waals surface area (Å²) in [6, 6.07) is 52.8. The quantitative estimate of drug-likeness (QED) is 0.168. The Morgan fingerprint density at radius 3 is 2.25 bits per heavy atom. The second-order valence-electron chi connectivity index (χ2n) is 18.8. The first-order chi connectivity index (χ1) is 29.7. The first kappa shape index (κ1) is 36.7. The highest BCUT2D eigenvalue weighted by atomic mass is 32.1. The molecular weight excluding hydrogens is 757 g/mol. The molecular formula is C58H50N2S. The highest BCUT2D eigenvalue weighted by Crippen LogP contribution is 2.55. The van der Waals surface area contributed by atoms with Gasteiger partial charge in [0.2, 0.25) is 0 Å². The topological polar surface area (TPSA) is 8.17 Å². The minimum Gasteiger partial charge on any atom is -0.355 e. The Labute approximate surface area is 363 Å². The molecule has 0 bridgehead atoms. The monoisotopic (exact) mass is 806 g/mol. The Morgan fingerprint density at radius 2 is 1.39 bits per heavy atom. The number of anilines is 1. The van der Waals surface area contributed by atoms with Crippen LogP contribution in [0.4, 0.5) is 5.69 Å². The number of hydrogen-bond acceptors (Lipinski definition) is 2. The van der Waals surface area contributed by atoms with Crippen molar-refractivity contribution in [2.75, 3.05) is 4.90 Å². The van der Waals surface area contributed by atoms with Gasteiger partial charge in [0.05, 0.1) is 17.1 Å². The van der Waals surface area contributed by atoms with E-state index in [0.717, 1.165) is 12.8 Å². The average Bonchev–Trinajstić information content (AvgIpc) is 3.89. The van der Waals surface area contributed by atoms with Crippen LogP contribution in [0.25, 0.3) is 59.0 Å². The zero-order chi connectivity index (χ0) is 41.2. The number of hydrogen-bond donors (Lipinski definition) is 0. The van der Waals surface area contributed by atoms with Crippen LogP contribution in [-0.4, -0.2) is 16.1 Å². The van der Waals surface area contributed by atoms with E-state index in [4.69, 9.17) is 0 Å². The number of para-hydroxylation sites is 1. The van der Waals surface area contributed by atoms with Gasteiger partial charge in [-0.3, -0.25) is 0 Å². The average molecular weight is 807 g/mol. The molecule has 4 aliphatic carbocycles. The highest BCUT2D eigenvalue weighted by molar-refractivity contribution is 7.25. The fourth-order valence-electron chi connectivity index (χ4n) is 11.8. The Hall–Kier alpha value is -6.16. The van der Waals surface area contributed by atoms with Crippen LogP contribution in [0.5, 0.6) is 0 Å². The molecule has 2 heterocycles. The van der Waals surface area contributed by atoms with E-state index in [-0.39, 0.29) is 22.9 Å². The predicted molar refractivity (Wildman–Crippen MR) is 261 cm³/mol. The van der Waals surface area contributed by atoms with Crippen molar-refractivity contribution in [3.8, 4) is 16.8 Å². The van der Waals surface area contributed by atoms with Gasteiger partial charge in [-0.05, 0) is 112 Å². The van der Waals surface area contributed by atoms with Gasteiger partial charge in [0.15, 0.2) is 0 Å². The molecule has 4 aliphatic rings. The maximum absolute atomic E-state index is 2.85. The molecule has 0 radical (unpaired) electrons. The molecule has 8 aromatic rings. The molecule has 12 rings (SSSR count). The van der Waals surface area contributed by atoms with Crippen LogP contribution in [0.1, 0.15) is 69.0 Å². The summed E-state index contributed by atoms with van der Waals surface area (Å²) in [7, 11) is 0. The number of thiophene rings is 1. The molecule has 2 nitrogen and oxygen atoms in total. The third-order valence-electron chi connectivity index (χ3n) is 14.7. The summed E-state index contributed by atoms with van der Waals surface area (Å²) in [4.78, 5) is 2.85. The normalized spacial score (nSPS) is 22.3. The zero-order valence-electron chi connectivity index (χ0n) is 35.6. The lowest BCUT2D eigenvalue weighted by atomic mass is 9.69. The van der Waals surface area contributed by atoms with Crippen LogP contribution < -0.4 is 4.90 Å². The van der Waals surface area contributed by atoms with E-state index < -0.39 is 0 Å². The van der Waals surface area contributed by atoms with E-state index >= 15 is 0 Å². The van der Waals surface area contributed by atoms with Crippen molar-refractivity contribution < 1.29 is 0 Å². The Morgan fingerprint density at radius 1 is 0.656 bits per heavy atom. The molecule has 0 saturated heterocycles. The summed E-state index contributed by atoms with van der Waals surface area (Å²) in [5.74, 6) is 0.703. The van der Waals surface area contributed by atoms with E-state index in [2.05, 4.69) is 214 Å². The van der Waals surface area contributed by atoms with E-state index in [1.807, 2.05) is 11.3 Å². The Balaban J connectivity index is 1.10. The maximum atomic E-state index is 2.85. The minimum absolute atomic E-state index is 0.107. The van der Waals surface area contributed by atoms with Crippen molar-refractivity contribution >= 4 is 59.2 Å². The summed E-state index contributed by atoms with van der Waals surface area (Å²) in [6.45, 7) is 12.2. The van der Waals surface area contributed by atoms with Crippen LogP contribution in [0, 0.1) is 11.8 Å². The number of aromatic nitrogens is 1. The van der Waals surface area contributed by atoms with Gasteiger partial charge in [-0.15, -0.1) is 11.3 Å². The lowest BCUT2D eigenvalue weighted by molar-refractivity contribution is 0.413. The lowest BCUT2D eigenvalue weighted by Gasteiger charge is -2.53. The number of allylic oxidation sites excluding steroid dienone is 4. The molecule has 298 valence electrons. The molecule has 0 fully saturated rings. The highest BCUT2D eigenvalue weighted by Gasteiger charge is 2.48. The van der Waals surface area contributed by atoms with Crippen molar-refractivity contribution in [1.29, 1.82) is 0 Å². The minimum atomic E-state index is -0.379. The van der Waals surface area contributed by atoms with Crippen molar-refractivity contribution in [2.24, 2.45) is 11.8 Å². The summed E-state index contributed by atoms with van der Waals surface area (Å²) >= 11 is 1.89. The van der Waals surface area contributed by atoms with Crippen LogP contribution in [0.2, 0.25) is 0 Å². The molecule has 0 spiro atoms. The Kier molecular flexibility index (Phi) is 8.07. The number of benzene rings is 6. The van der Waals surface area contributed by atoms with Crippen LogP contribution in [-0.2, 0) is 11.8 Å². The summed E-state index contributed by atoms with van der Waals surface area (Å²) in [6.07, 6.45) is 14.3. The molecule has 4 atom stereocenters. The third-order valence-corrected chi connectivity index (χ3v) is 15.8. The SMILES string of the molecule is CC1C=CC2=C(C1)c1c(n(-c3ccc4sc5ccccc5c4c3)c3ccccc13)CC2(C)N(c1ccc2c(c1)C(C)(C)c1ccccc1-2)C1C=CC(c2ccccc2)=CC1C. The predicted octanol–water partition coefficient (Wildman–Crippen LogP) is 15.1. The molecule has 3 heteroatoms. The molecule has 4 unspecified atom stereocenters. The third kappa shape index (κ3) is 5.39. The van der Waals surface area contributed by atoms with Crippen LogP contribution >= 0.6 is 11.3 Å². The Bertz CT molecular complexity index is 3240. The maximum Gasteiger partial charge on any atom is 0.0689 e. The van der Waals surface area contributed by atoms with E-state index in [9.17, 15) is 0 Å². The largest absolute Gasteiger partial charge is 0.355 e. The molecule has 0 amide bonds. The van der Waals surface area contributed by atoms with Gasteiger partial charge in [0.1, 0.15) is 0 Å². The number of rotatable bonds is 5. The van der Waals surface area contributed by atoms with Gasteiger partial charge < -0.3 is 9.47 Å². The fraction of sp³-hybridized carbons (Fsp3) is 0.207. The van der Waals surface area contributed by atoms with Gasteiger partial charge >= 0.3 is 0 Å². The first-order valence-corrected chi connectivity index (χ1v) is 23.0. The second kappa shape index (κ2) is 13.4. The van der Waals surface area contributed by atoms with Crippen LogP contribution in [0.3, 0.4) is 0 Å². The second-order valence-corrected chi connectivity index (χ2v) is 19.9. The van der Waals surface area contributed by atoms with E-state index in [1.54, 1.807) is 0 Å². The molecule has 0 aliphatic heterocycles. The summed E-state index contributed by atoms with van der Waals surface area (Å²) in [5.41, 5.74) is 17.3. The zero-order valence-corrected chi connectivity index (χ0v) is 36.4. The van der Waals surface area contributed by atoms with Gasteiger partial charge in [0, 0.05) is 60.0 Å². The molecule has 6 aromatic carbocycles. The van der Waals surface area contributed by atoms with Gasteiger partial charge in [-0.25, -0.2) is 0 Å². The van der Waals surface area contributed by atoms with Gasteiger partial charge in [-0.2, -0.15) is 0 Å². The van der Waals surface area contributed by atoms with E-state index in [1.165, 1.54) is 98.2 Å². The number of fused-ring (bicyclic) bond motifs is 10. The standard InChI is InChI=1S/C58H50N2S/c1-36-23-28-49-47(31-36)56-45-19-10-13-21-52(45)59(40-26-30-55-46(33-40)44-18-11-14-22-54(44)61-55)53(56)35-58(49,5)60(51-29-24-39(32-37(51)2)38-15-7-6-8-16-38)41-25-27-43-42-17-9-12-20-48(42)57(3,4)50(43)34-41/h6-30,32-34,36-37,51H,31,35H2,1-5H3. The van der Waals surface area contributed by atoms with Crippen LogP contribution in [0.15, 0.2) is 175 Å². The molecule has 61 heavy (non-hydrogen) atoms.